The Labute approximate surface area is 152 Å². The highest BCUT2D eigenvalue weighted by Crippen LogP contribution is 2.28. The van der Waals surface area contributed by atoms with Crippen molar-refractivity contribution in [2.24, 2.45) is 0 Å². The number of nitrogens with zero attached hydrogens (tertiary/aromatic N) is 2. The zero-order valence-corrected chi connectivity index (χ0v) is 14.0. The highest BCUT2D eigenvalue weighted by Gasteiger charge is 2.30. The first kappa shape index (κ1) is 17.6. The number of carbonyl (C=O) groups is 3. The van der Waals surface area contributed by atoms with Crippen molar-refractivity contribution in [3.8, 4) is 0 Å². The average Bonchev–Trinajstić information content (AvgIpc) is 2.95. The Morgan fingerprint density at radius 3 is 2.27 bits per heavy atom. The molecule has 2 aromatic carbocycles. The summed E-state index contributed by atoms with van der Waals surface area (Å²) < 4.78 is 0. The van der Waals surface area contributed by atoms with E-state index in [2.05, 4.69) is 5.32 Å². The van der Waals surface area contributed by atoms with E-state index in [1.807, 2.05) is 0 Å². The van der Waals surface area contributed by atoms with Crippen LogP contribution < -0.4 is 10.2 Å². The van der Waals surface area contributed by atoms with Crippen LogP contribution in [0.2, 0.25) is 5.02 Å². The molecule has 0 bridgehead atoms. The summed E-state index contributed by atoms with van der Waals surface area (Å²) in [6.45, 7) is 0. The van der Waals surface area contributed by atoms with Crippen LogP contribution in [0, 0.1) is 10.1 Å². The molecule has 3 amide bonds. The number of anilines is 2. The second-order valence-electron chi connectivity index (χ2n) is 5.55. The third kappa shape index (κ3) is 3.40. The lowest BCUT2D eigenvalue weighted by atomic mass is 10.1. The molecule has 3 rings (SSSR count). The van der Waals surface area contributed by atoms with E-state index in [1.54, 1.807) is 0 Å². The molecule has 8 nitrogen and oxygen atoms in total. The van der Waals surface area contributed by atoms with E-state index < -0.39 is 10.8 Å². The molecule has 0 unspecified atom stereocenters. The first-order valence-corrected chi connectivity index (χ1v) is 7.96. The molecule has 1 aliphatic rings. The van der Waals surface area contributed by atoms with Crippen LogP contribution in [0.15, 0.2) is 42.5 Å². The molecule has 1 aliphatic heterocycles. The van der Waals surface area contributed by atoms with Crippen molar-refractivity contribution >= 4 is 46.4 Å². The van der Waals surface area contributed by atoms with Gasteiger partial charge in [0.25, 0.3) is 11.6 Å². The number of hydrogen-bond donors (Lipinski definition) is 1. The maximum Gasteiger partial charge on any atom is 0.271 e. The number of imide groups is 1. The number of halogens is 1. The van der Waals surface area contributed by atoms with E-state index in [0.29, 0.717) is 5.69 Å². The maximum atomic E-state index is 12.3. The molecule has 26 heavy (non-hydrogen) atoms. The van der Waals surface area contributed by atoms with E-state index in [9.17, 15) is 24.5 Å². The summed E-state index contributed by atoms with van der Waals surface area (Å²) >= 11 is 5.96. The van der Waals surface area contributed by atoms with Gasteiger partial charge < -0.3 is 5.32 Å². The highest BCUT2D eigenvalue weighted by atomic mass is 35.5. The molecule has 1 saturated heterocycles. The first-order valence-electron chi connectivity index (χ1n) is 7.58. The summed E-state index contributed by atoms with van der Waals surface area (Å²) in [5, 5.41) is 13.5. The number of benzene rings is 2. The normalized spacial score (nSPS) is 13.8. The van der Waals surface area contributed by atoms with E-state index in [0.717, 1.165) is 11.0 Å². The monoisotopic (exact) mass is 373 g/mol. The van der Waals surface area contributed by atoms with Gasteiger partial charge in [0.1, 0.15) is 0 Å². The fourth-order valence-corrected chi connectivity index (χ4v) is 2.71. The topological polar surface area (TPSA) is 110 Å². The van der Waals surface area contributed by atoms with Crippen molar-refractivity contribution in [2.75, 3.05) is 10.2 Å². The lowest BCUT2D eigenvalue weighted by Gasteiger charge is -2.14. The van der Waals surface area contributed by atoms with Gasteiger partial charge in [-0.05, 0) is 30.3 Å². The molecule has 0 spiro atoms. The van der Waals surface area contributed by atoms with Gasteiger partial charge in [0.15, 0.2) is 0 Å². The number of nitro benzene ring substituents is 1. The van der Waals surface area contributed by atoms with Gasteiger partial charge >= 0.3 is 0 Å². The van der Waals surface area contributed by atoms with Gasteiger partial charge in [0.2, 0.25) is 11.8 Å². The number of nitrogens with one attached hydrogen (secondary N) is 1. The molecule has 2 aromatic rings. The van der Waals surface area contributed by atoms with Crippen LogP contribution in [0.25, 0.3) is 0 Å². The van der Waals surface area contributed by atoms with Crippen LogP contribution in [-0.4, -0.2) is 22.6 Å². The van der Waals surface area contributed by atoms with Gasteiger partial charge in [0, 0.05) is 30.5 Å². The van der Waals surface area contributed by atoms with Gasteiger partial charge in [-0.1, -0.05) is 11.6 Å². The smallest absolute Gasteiger partial charge is 0.271 e. The minimum absolute atomic E-state index is 0.111. The average molecular weight is 374 g/mol. The molecule has 1 N–H and O–H groups in total. The predicted molar refractivity (Wildman–Crippen MR) is 94.2 cm³/mol. The van der Waals surface area contributed by atoms with E-state index in [4.69, 9.17) is 11.6 Å². The minimum Gasteiger partial charge on any atom is -0.320 e. The molecule has 1 fully saturated rings. The van der Waals surface area contributed by atoms with Crippen molar-refractivity contribution in [1.82, 2.24) is 0 Å². The molecule has 0 saturated carbocycles. The second kappa shape index (κ2) is 6.93. The van der Waals surface area contributed by atoms with E-state index in [1.165, 1.54) is 36.4 Å². The summed E-state index contributed by atoms with van der Waals surface area (Å²) in [4.78, 5) is 47.1. The largest absolute Gasteiger partial charge is 0.320 e. The highest BCUT2D eigenvalue weighted by molar-refractivity contribution is 6.34. The fraction of sp³-hybridized carbons (Fsp3) is 0.118. The van der Waals surface area contributed by atoms with Crippen molar-refractivity contribution in [1.29, 1.82) is 0 Å². The van der Waals surface area contributed by atoms with Gasteiger partial charge in [-0.3, -0.25) is 29.4 Å². The predicted octanol–water partition coefficient (Wildman–Crippen LogP) is 3.15. The summed E-state index contributed by atoms with van der Waals surface area (Å²) in [6, 6.07) is 9.61. The maximum absolute atomic E-state index is 12.3. The zero-order chi connectivity index (χ0) is 18.8. The number of hydrogen-bond acceptors (Lipinski definition) is 5. The third-order valence-electron chi connectivity index (χ3n) is 3.85. The van der Waals surface area contributed by atoms with Crippen molar-refractivity contribution in [3.63, 3.8) is 0 Å². The Morgan fingerprint density at radius 1 is 1.08 bits per heavy atom. The van der Waals surface area contributed by atoms with Crippen LogP contribution in [0.5, 0.6) is 0 Å². The van der Waals surface area contributed by atoms with Crippen molar-refractivity contribution in [2.45, 2.75) is 12.8 Å². The number of nitro groups is 1. The molecular weight excluding hydrogens is 362 g/mol. The lowest BCUT2D eigenvalue weighted by molar-refractivity contribution is -0.384. The van der Waals surface area contributed by atoms with Crippen LogP contribution >= 0.6 is 11.6 Å². The van der Waals surface area contributed by atoms with Crippen molar-refractivity contribution < 1.29 is 19.3 Å². The summed E-state index contributed by atoms with van der Waals surface area (Å²) in [6.07, 6.45) is 0.346. The van der Waals surface area contributed by atoms with E-state index >= 15 is 0 Å². The fourth-order valence-electron chi connectivity index (χ4n) is 2.54. The summed E-state index contributed by atoms with van der Waals surface area (Å²) in [5.41, 5.74) is 0.545. The molecule has 0 radical (unpaired) electrons. The molecule has 0 atom stereocenters. The second-order valence-corrected chi connectivity index (χ2v) is 5.95. The SMILES string of the molecule is O=C(Nc1cc([N+](=O)[O-])ccc1Cl)c1ccc(N2C(=O)CCC2=O)cc1. The summed E-state index contributed by atoms with van der Waals surface area (Å²) in [7, 11) is 0. The molecule has 0 aromatic heterocycles. The standard InChI is InChI=1S/C17H12ClN3O5/c18-13-6-5-12(21(25)26)9-14(13)19-17(24)10-1-3-11(4-2-10)20-15(22)7-8-16(20)23/h1-6,9H,7-8H2,(H,19,24). The Morgan fingerprint density at radius 2 is 1.69 bits per heavy atom. The molecule has 1 heterocycles. The molecule has 9 heteroatoms. The van der Waals surface area contributed by atoms with Crippen LogP contribution in [0.3, 0.4) is 0 Å². The van der Waals surface area contributed by atoms with Gasteiger partial charge in [-0.15, -0.1) is 0 Å². The Balaban J connectivity index is 1.79. The Bertz CT molecular complexity index is 910. The number of amides is 3. The Kier molecular flexibility index (Phi) is 4.68. The van der Waals surface area contributed by atoms with Gasteiger partial charge in [0.05, 0.1) is 21.3 Å². The first-order chi connectivity index (χ1) is 12.4. The summed E-state index contributed by atoms with van der Waals surface area (Å²) in [5.74, 6) is -1.09. The van der Waals surface area contributed by atoms with Crippen LogP contribution in [0.4, 0.5) is 17.1 Å². The quantitative estimate of drug-likeness (QED) is 0.503. The molecular formula is C17H12ClN3O5. The minimum atomic E-state index is -0.592. The zero-order valence-electron chi connectivity index (χ0n) is 13.3. The van der Waals surface area contributed by atoms with Crippen LogP contribution in [-0.2, 0) is 9.59 Å². The van der Waals surface area contributed by atoms with Crippen LogP contribution in [0.1, 0.15) is 23.2 Å². The molecule has 132 valence electrons. The van der Waals surface area contributed by atoms with E-state index in [-0.39, 0.29) is 46.6 Å². The third-order valence-corrected chi connectivity index (χ3v) is 4.18. The van der Waals surface area contributed by atoms with Gasteiger partial charge in [-0.25, -0.2) is 0 Å². The lowest BCUT2D eigenvalue weighted by Crippen LogP contribution is -2.28. The number of rotatable bonds is 4. The molecule has 0 aliphatic carbocycles. The number of non-ortho nitro benzene ring substituents is 1. The number of carbonyl (C=O) groups excluding carboxylic acids is 3. The Hall–Kier alpha value is -3.26. The van der Waals surface area contributed by atoms with Gasteiger partial charge in [-0.2, -0.15) is 0 Å². The van der Waals surface area contributed by atoms with Crippen molar-refractivity contribution in [3.05, 3.63) is 63.2 Å².